The molecule has 2 bridgehead atoms. The van der Waals surface area contributed by atoms with Crippen molar-refractivity contribution in [2.24, 2.45) is 0 Å². The fourth-order valence-corrected chi connectivity index (χ4v) is 5.19. The average molecular weight is 538 g/mol. The number of hydrogen-bond acceptors (Lipinski definition) is 5. The molecule has 0 aromatic heterocycles. The molecule has 2 atom stereocenters. The summed E-state index contributed by atoms with van der Waals surface area (Å²) >= 11 is 17.4. The average Bonchev–Trinajstić information content (AvgIpc) is 3.14. The van der Waals surface area contributed by atoms with Crippen molar-refractivity contribution in [3.8, 4) is 5.75 Å². The number of hydrogen-bond donors (Lipinski definition) is 3. The first-order chi connectivity index (χ1) is 16.6. The molecule has 2 aromatic rings. The highest BCUT2D eigenvalue weighted by atomic mass is 35.6. The maximum absolute atomic E-state index is 13.2. The van der Waals surface area contributed by atoms with Crippen molar-refractivity contribution in [1.82, 2.24) is 10.6 Å². The fourth-order valence-electron chi connectivity index (χ4n) is 5.02. The lowest BCUT2D eigenvalue weighted by Crippen LogP contribution is -2.54. The Hall–Kier alpha value is -2.25. The van der Waals surface area contributed by atoms with Gasteiger partial charge in [-0.25, -0.2) is 0 Å². The number of fused-ring (bicyclic) bond motifs is 2. The maximum atomic E-state index is 13.2. The van der Waals surface area contributed by atoms with Crippen LogP contribution in [0, 0.1) is 0 Å². The third-order valence-corrected chi connectivity index (χ3v) is 6.78. The van der Waals surface area contributed by atoms with E-state index in [1.165, 1.54) is 0 Å². The molecule has 2 fully saturated rings. The predicted molar refractivity (Wildman–Crippen MR) is 138 cm³/mol. The second-order valence-electron chi connectivity index (χ2n) is 8.96. The minimum atomic E-state index is -1.69. The van der Waals surface area contributed by atoms with Gasteiger partial charge in [-0.05, 0) is 67.5 Å². The summed E-state index contributed by atoms with van der Waals surface area (Å²) in [7, 11) is 0. The summed E-state index contributed by atoms with van der Waals surface area (Å²) in [6.45, 7) is 2.04. The first-order valence-electron chi connectivity index (χ1n) is 11.5. The number of aromatic hydroxyl groups is 1. The highest BCUT2D eigenvalue weighted by Gasteiger charge is 2.51. The number of ether oxygens (including phenoxy) is 1. The normalized spacial score (nSPS) is 23.0. The molecule has 2 unspecified atom stereocenters. The molecule has 2 saturated heterocycles. The number of nitrogens with one attached hydrogen (secondary N) is 2. The van der Waals surface area contributed by atoms with Crippen molar-refractivity contribution < 1.29 is 19.4 Å². The fraction of sp³-hybridized carbons (Fsp3) is 0.385. The summed E-state index contributed by atoms with van der Waals surface area (Å²) in [5.74, 6) is -0.480. The highest BCUT2D eigenvalue weighted by Crippen LogP contribution is 2.44. The molecule has 0 aliphatic carbocycles. The number of rotatable bonds is 6. The maximum Gasteiger partial charge on any atom is 0.326 e. The largest absolute Gasteiger partial charge is 0.508 e. The van der Waals surface area contributed by atoms with Gasteiger partial charge < -0.3 is 15.2 Å². The van der Waals surface area contributed by atoms with Crippen LogP contribution in [-0.4, -0.2) is 45.5 Å². The van der Waals surface area contributed by atoms with E-state index in [1.54, 1.807) is 18.2 Å². The number of halogens is 3. The van der Waals surface area contributed by atoms with Crippen LogP contribution in [-0.2, 0) is 9.53 Å². The van der Waals surface area contributed by atoms with Crippen molar-refractivity contribution in [2.45, 2.75) is 48.0 Å². The van der Waals surface area contributed by atoms with Crippen LogP contribution in [0.2, 0.25) is 0 Å². The van der Waals surface area contributed by atoms with Gasteiger partial charge in [-0.15, -0.1) is 0 Å². The first kappa shape index (κ1) is 25.8. The summed E-state index contributed by atoms with van der Waals surface area (Å²) in [6, 6.07) is 14.4. The summed E-state index contributed by atoms with van der Waals surface area (Å²) < 4.78 is 3.70. The predicted octanol–water partition coefficient (Wildman–Crippen LogP) is 5.14. The number of esters is 1. The van der Waals surface area contributed by atoms with Crippen molar-refractivity contribution in [2.75, 3.05) is 13.2 Å². The van der Waals surface area contributed by atoms with Gasteiger partial charge in [0, 0.05) is 18.2 Å². The summed E-state index contributed by atoms with van der Waals surface area (Å²) in [4.78, 5) is 26.1. The Morgan fingerprint density at radius 3 is 2.49 bits per heavy atom. The van der Waals surface area contributed by atoms with Gasteiger partial charge in [0.2, 0.25) is 3.79 Å². The molecular weight excluding hydrogens is 511 g/mol. The number of carbonyl (C=O) groups excluding carboxylic acids is 2. The van der Waals surface area contributed by atoms with Crippen LogP contribution in [0.15, 0.2) is 54.1 Å². The second kappa shape index (κ2) is 10.4. The third-order valence-electron chi connectivity index (χ3n) is 6.45. The number of carbonyl (C=O) groups is 2. The van der Waals surface area contributed by atoms with E-state index in [4.69, 9.17) is 39.5 Å². The topological polar surface area (TPSA) is 87.7 Å². The van der Waals surface area contributed by atoms with E-state index in [0.29, 0.717) is 31.4 Å². The molecule has 2 aliphatic rings. The van der Waals surface area contributed by atoms with Crippen molar-refractivity contribution >= 4 is 52.3 Å². The van der Waals surface area contributed by atoms with E-state index >= 15 is 0 Å². The Morgan fingerprint density at radius 1 is 1.14 bits per heavy atom. The van der Waals surface area contributed by atoms with Crippen LogP contribution in [0.25, 0.3) is 5.57 Å². The third kappa shape index (κ3) is 5.78. The van der Waals surface area contributed by atoms with Crippen LogP contribution >= 0.6 is 34.8 Å². The molecule has 1 amide bonds. The number of piperidine rings is 1. The van der Waals surface area contributed by atoms with Gasteiger partial charge in [-0.1, -0.05) is 70.7 Å². The van der Waals surface area contributed by atoms with E-state index < -0.39 is 15.3 Å². The zero-order valence-corrected chi connectivity index (χ0v) is 21.5. The van der Waals surface area contributed by atoms with Gasteiger partial charge in [0.1, 0.15) is 17.9 Å². The van der Waals surface area contributed by atoms with E-state index in [-0.39, 0.29) is 24.3 Å². The number of amides is 1. The molecular formula is C26H27Cl3N2O4. The smallest absolute Gasteiger partial charge is 0.326 e. The van der Waals surface area contributed by atoms with Gasteiger partial charge in [0.05, 0.1) is 0 Å². The monoisotopic (exact) mass is 536 g/mol. The number of benzene rings is 2. The van der Waals surface area contributed by atoms with Crippen LogP contribution in [0.3, 0.4) is 0 Å². The Balaban J connectivity index is 1.82. The molecule has 2 aromatic carbocycles. The van der Waals surface area contributed by atoms with E-state index in [9.17, 15) is 14.7 Å². The zero-order chi connectivity index (χ0) is 25.2. The van der Waals surface area contributed by atoms with Crippen molar-refractivity contribution in [1.29, 1.82) is 0 Å². The van der Waals surface area contributed by atoms with Crippen molar-refractivity contribution in [3.63, 3.8) is 0 Å². The number of phenols is 1. The van der Waals surface area contributed by atoms with Gasteiger partial charge in [0.25, 0.3) is 5.91 Å². The lowest BCUT2D eigenvalue weighted by atomic mass is 9.80. The molecule has 3 N–H and O–H groups in total. The molecule has 0 spiro atoms. The molecule has 35 heavy (non-hydrogen) atoms. The minimum absolute atomic E-state index is 0.0720. The second-order valence-corrected chi connectivity index (χ2v) is 11.5. The van der Waals surface area contributed by atoms with E-state index in [0.717, 1.165) is 28.7 Å². The van der Waals surface area contributed by atoms with Crippen LogP contribution in [0.4, 0.5) is 0 Å². The van der Waals surface area contributed by atoms with Crippen LogP contribution in [0.5, 0.6) is 5.75 Å². The summed E-state index contributed by atoms with van der Waals surface area (Å²) in [6.07, 6.45) is 2.50. The molecule has 2 aliphatic heterocycles. The van der Waals surface area contributed by atoms with E-state index in [2.05, 4.69) is 10.6 Å². The molecule has 186 valence electrons. The van der Waals surface area contributed by atoms with Gasteiger partial charge >= 0.3 is 5.97 Å². The summed E-state index contributed by atoms with van der Waals surface area (Å²) in [5, 5.41) is 16.2. The molecule has 2 heterocycles. The molecule has 0 radical (unpaired) electrons. The quantitative estimate of drug-likeness (QED) is 0.351. The zero-order valence-electron chi connectivity index (χ0n) is 19.2. The Morgan fingerprint density at radius 2 is 1.83 bits per heavy atom. The number of alkyl halides is 3. The summed E-state index contributed by atoms with van der Waals surface area (Å²) in [5.41, 5.74) is 3.13. The standard InChI is InChI=1S/C26H27Cl3N2O4/c1-2-30-23(33)21-6-4-3-5-20(21)22(16-7-9-19(32)10-8-16)17-13-18-11-12-25(14-17,31-18)24(34)35-15-26(27,28)29/h3-10,18,31-32H,2,11-15H2,1H3,(H,30,33). The minimum Gasteiger partial charge on any atom is -0.508 e. The first-order valence-corrected chi connectivity index (χ1v) is 12.7. The van der Waals surface area contributed by atoms with E-state index in [1.807, 2.05) is 37.3 Å². The lowest BCUT2D eigenvalue weighted by Gasteiger charge is -2.36. The van der Waals surface area contributed by atoms with Gasteiger partial charge in [0.15, 0.2) is 0 Å². The SMILES string of the molecule is CCNC(=O)c1ccccc1C(=C1CC2CCC(C(=O)OCC(Cl)(Cl)Cl)(C1)N2)c1ccc(O)cc1. The van der Waals surface area contributed by atoms with Gasteiger partial charge in [-0.2, -0.15) is 0 Å². The Labute approximate surface area is 219 Å². The number of phenolic OH excluding ortho intramolecular Hbond substituents is 1. The van der Waals surface area contributed by atoms with Crippen molar-refractivity contribution in [3.05, 3.63) is 70.8 Å². The highest BCUT2D eigenvalue weighted by molar-refractivity contribution is 6.67. The molecule has 4 rings (SSSR count). The van der Waals surface area contributed by atoms with Crippen LogP contribution < -0.4 is 10.6 Å². The van der Waals surface area contributed by atoms with Crippen LogP contribution in [0.1, 0.15) is 54.1 Å². The molecule has 0 saturated carbocycles. The molecule has 6 nitrogen and oxygen atoms in total. The molecule has 9 heteroatoms. The Kier molecular flexibility index (Phi) is 7.67. The Bertz CT molecular complexity index is 1140. The lowest BCUT2D eigenvalue weighted by molar-refractivity contribution is -0.151. The van der Waals surface area contributed by atoms with Gasteiger partial charge in [-0.3, -0.25) is 14.9 Å².